The summed E-state index contributed by atoms with van der Waals surface area (Å²) >= 11 is 0. The van der Waals surface area contributed by atoms with E-state index in [0.717, 1.165) is 26.2 Å². The molecule has 1 fully saturated rings. The second-order valence-electron chi connectivity index (χ2n) is 3.28. The van der Waals surface area contributed by atoms with Crippen molar-refractivity contribution in [2.75, 3.05) is 33.2 Å². The molecule has 4 nitrogen and oxygen atoms in total. The minimum Gasteiger partial charge on any atom is -0.314 e. The molecule has 1 aromatic rings. The molecule has 4 heteroatoms. The van der Waals surface area contributed by atoms with E-state index in [2.05, 4.69) is 16.9 Å². The van der Waals surface area contributed by atoms with E-state index in [4.69, 9.17) is 5.21 Å². The molecular formula is C10H17N3O. The highest BCUT2D eigenvalue weighted by Crippen LogP contribution is 1.93. The number of nitrogens with zero attached hydrogens (tertiary/aromatic N) is 3. The Morgan fingerprint density at radius 2 is 1.57 bits per heavy atom. The SMILES string of the molecule is CN1CCN(O)CC1.c1ccncc1. The Balaban J connectivity index is 0.000000146. The van der Waals surface area contributed by atoms with Crippen molar-refractivity contribution in [2.45, 2.75) is 0 Å². The van der Waals surface area contributed by atoms with Crippen molar-refractivity contribution >= 4 is 0 Å². The first-order valence-electron chi connectivity index (χ1n) is 4.76. The van der Waals surface area contributed by atoms with Gasteiger partial charge in [0.25, 0.3) is 0 Å². The molecule has 0 spiro atoms. The van der Waals surface area contributed by atoms with Crippen LogP contribution >= 0.6 is 0 Å². The van der Waals surface area contributed by atoms with Gasteiger partial charge in [-0.15, -0.1) is 0 Å². The molecule has 1 N–H and O–H groups in total. The van der Waals surface area contributed by atoms with Crippen LogP contribution in [-0.2, 0) is 0 Å². The van der Waals surface area contributed by atoms with Gasteiger partial charge in [-0.2, -0.15) is 5.06 Å². The van der Waals surface area contributed by atoms with Crippen molar-refractivity contribution in [3.8, 4) is 0 Å². The van der Waals surface area contributed by atoms with E-state index in [0.29, 0.717) is 0 Å². The van der Waals surface area contributed by atoms with Crippen LogP contribution in [0.4, 0.5) is 0 Å². The molecule has 0 saturated carbocycles. The molecule has 0 atom stereocenters. The average Bonchev–Trinajstić information content (AvgIpc) is 2.26. The topological polar surface area (TPSA) is 39.6 Å². The average molecular weight is 195 g/mol. The van der Waals surface area contributed by atoms with E-state index in [1.807, 2.05) is 18.2 Å². The monoisotopic (exact) mass is 195 g/mol. The summed E-state index contributed by atoms with van der Waals surface area (Å²) in [6, 6.07) is 5.72. The van der Waals surface area contributed by atoms with E-state index in [1.165, 1.54) is 5.06 Å². The highest BCUT2D eigenvalue weighted by Gasteiger charge is 2.09. The van der Waals surface area contributed by atoms with Gasteiger partial charge in [-0.3, -0.25) is 4.98 Å². The Morgan fingerprint density at radius 3 is 1.86 bits per heavy atom. The van der Waals surface area contributed by atoms with Crippen molar-refractivity contribution in [3.63, 3.8) is 0 Å². The fourth-order valence-electron chi connectivity index (χ4n) is 1.11. The third-order valence-electron chi connectivity index (χ3n) is 2.05. The summed E-state index contributed by atoms with van der Waals surface area (Å²) in [7, 11) is 2.06. The van der Waals surface area contributed by atoms with Gasteiger partial charge in [0, 0.05) is 38.6 Å². The van der Waals surface area contributed by atoms with Crippen LogP contribution in [0.5, 0.6) is 0 Å². The Bertz CT molecular complexity index is 185. The second kappa shape index (κ2) is 6.48. The van der Waals surface area contributed by atoms with Crippen molar-refractivity contribution in [2.24, 2.45) is 0 Å². The lowest BCUT2D eigenvalue weighted by Crippen LogP contribution is -2.42. The first-order chi connectivity index (χ1) is 6.79. The fourth-order valence-corrected chi connectivity index (χ4v) is 1.11. The largest absolute Gasteiger partial charge is 0.314 e. The lowest BCUT2D eigenvalue weighted by Gasteiger charge is -2.27. The van der Waals surface area contributed by atoms with Crippen LogP contribution < -0.4 is 0 Å². The maximum Gasteiger partial charge on any atom is 0.0366 e. The molecule has 78 valence electrons. The summed E-state index contributed by atoms with van der Waals surface area (Å²) in [5.74, 6) is 0. The Hall–Kier alpha value is -0.970. The molecule has 2 heterocycles. The second-order valence-corrected chi connectivity index (χ2v) is 3.28. The van der Waals surface area contributed by atoms with Crippen molar-refractivity contribution in [3.05, 3.63) is 30.6 Å². The summed E-state index contributed by atoms with van der Waals surface area (Å²) in [4.78, 5) is 5.99. The molecule has 0 radical (unpaired) electrons. The van der Waals surface area contributed by atoms with Gasteiger partial charge >= 0.3 is 0 Å². The van der Waals surface area contributed by atoms with Crippen LogP contribution in [0.25, 0.3) is 0 Å². The van der Waals surface area contributed by atoms with Crippen molar-refractivity contribution in [1.82, 2.24) is 14.9 Å². The highest BCUT2D eigenvalue weighted by molar-refractivity contribution is 4.88. The molecule has 0 aliphatic carbocycles. The molecule has 0 unspecified atom stereocenters. The molecule has 0 amide bonds. The number of piperazine rings is 1. The van der Waals surface area contributed by atoms with Gasteiger partial charge < -0.3 is 10.1 Å². The predicted octanol–water partition coefficient (Wildman–Crippen LogP) is 0.705. The molecule has 1 aliphatic rings. The molecule has 1 saturated heterocycles. The number of pyridine rings is 1. The zero-order chi connectivity index (χ0) is 10.2. The predicted molar refractivity (Wildman–Crippen MR) is 55.1 cm³/mol. The quantitative estimate of drug-likeness (QED) is 0.661. The summed E-state index contributed by atoms with van der Waals surface area (Å²) in [6.45, 7) is 3.54. The Morgan fingerprint density at radius 1 is 1.00 bits per heavy atom. The van der Waals surface area contributed by atoms with Crippen molar-refractivity contribution in [1.29, 1.82) is 0 Å². The van der Waals surface area contributed by atoms with Crippen LogP contribution in [0.1, 0.15) is 0 Å². The van der Waals surface area contributed by atoms with E-state index in [1.54, 1.807) is 12.4 Å². The maximum absolute atomic E-state index is 8.83. The standard InChI is InChI=1S/C5H12N2O.C5H5N/c1-6-2-4-7(8)5-3-6;1-2-4-6-5-3-1/h8H,2-5H2,1H3;1-5H. The van der Waals surface area contributed by atoms with Gasteiger partial charge in [-0.25, -0.2) is 0 Å². The van der Waals surface area contributed by atoms with Gasteiger partial charge in [0.2, 0.25) is 0 Å². The third-order valence-corrected chi connectivity index (χ3v) is 2.05. The summed E-state index contributed by atoms with van der Waals surface area (Å²) in [5.41, 5.74) is 0. The number of hydrogen-bond acceptors (Lipinski definition) is 4. The minimum absolute atomic E-state index is 0.788. The summed E-state index contributed by atoms with van der Waals surface area (Å²) in [6.07, 6.45) is 3.50. The van der Waals surface area contributed by atoms with Gasteiger partial charge in [0.05, 0.1) is 0 Å². The van der Waals surface area contributed by atoms with Crippen LogP contribution in [-0.4, -0.2) is 53.4 Å². The fraction of sp³-hybridized carbons (Fsp3) is 0.500. The smallest absolute Gasteiger partial charge is 0.0366 e. The number of rotatable bonds is 0. The summed E-state index contributed by atoms with van der Waals surface area (Å²) in [5, 5.41) is 10.2. The number of likely N-dealkylation sites (N-methyl/N-ethyl adjacent to an activating group) is 1. The maximum atomic E-state index is 8.83. The molecule has 0 aromatic carbocycles. The van der Waals surface area contributed by atoms with Crippen LogP contribution in [0.2, 0.25) is 0 Å². The molecule has 0 bridgehead atoms. The third kappa shape index (κ3) is 4.91. The van der Waals surface area contributed by atoms with E-state index in [9.17, 15) is 0 Å². The Labute approximate surface area is 84.7 Å². The summed E-state index contributed by atoms with van der Waals surface area (Å²) < 4.78 is 0. The zero-order valence-corrected chi connectivity index (χ0v) is 8.50. The molecular weight excluding hydrogens is 178 g/mol. The van der Waals surface area contributed by atoms with Crippen LogP contribution in [0.15, 0.2) is 30.6 Å². The van der Waals surface area contributed by atoms with Gasteiger partial charge in [0.1, 0.15) is 0 Å². The normalized spacial score (nSPS) is 18.4. The van der Waals surface area contributed by atoms with Crippen LogP contribution in [0.3, 0.4) is 0 Å². The Kier molecular flexibility index (Phi) is 5.14. The zero-order valence-electron chi connectivity index (χ0n) is 8.50. The van der Waals surface area contributed by atoms with E-state index >= 15 is 0 Å². The number of hydroxylamine groups is 2. The van der Waals surface area contributed by atoms with Crippen LogP contribution in [0, 0.1) is 0 Å². The van der Waals surface area contributed by atoms with Gasteiger partial charge in [-0.1, -0.05) is 6.07 Å². The van der Waals surface area contributed by atoms with Crippen molar-refractivity contribution < 1.29 is 5.21 Å². The molecule has 1 aromatic heterocycles. The minimum atomic E-state index is 0.788. The molecule has 2 rings (SSSR count). The highest BCUT2D eigenvalue weighted by atomic mass is 16.5. The first kappa shape index (κ1) is 11.1. The lowest BCUT2D eigenvalue weighted by atomic mass is 10.4. The molecule has 1 aliphatic heterocycles. The number of aromatic nitrogens is 1. The first-order valence-corrected chi connectivity index (χ1v) is 4.76. The van der Waals surface area contributed by atoms with Gasteiger partial charge in [-0.05, 0) is 19.2 Å². The van der Waals surface area contributed by atoms with E-state index < -0.39 is 0 Å². The molecule has 14 heavy (non-hydrogen) atoms. The van der Waals surface area contributed by atoms with E-state index in [-0.39, 0.29) is 0 Å². The number of hydrogen-bond donors (Lipinski definition) is 1. The van der Waals surface area contributed by atoms with Gasteiger partial charge in [0.15, 0.2) is 0 Å². The lowest BCUT2D eigenvalue weighted by molar-refractivity contribution is -0.114.